The second kappa shape index (κ2) is 6.01. The summed E-state index contributed by atoms with van der Waals surface area (Å²) in [6.45, 7) is 3.03. The van der Waals surface area contributed by atoms with Crippen molar-refractivity contribution in [3.8, 4) is 0 Å². The van der Waals surface area contributed by atoms with Crippen LogP contribution in [0.15, 0.2) is 31.1 Å². The molecule has 3 rings (SSSR count). The van der Waals surface area contributed by atoms with Crippen molar-refractivity contribution in [3.63, 3.8) is 0 Å². The zero-order valence-electron chi connectivity index (χ0n) is 12.3. The highest BCUT2D eigenvalue weighted by Gasteiger charge is 2.18. The number of nitrogens with zero attached hydrogens (tertiary/aromatic N) is 6. The molecule has 0 aliphatic carbocycles. The first-order chi connectivity index (χ1) is 10.3. The molecule has 0 spiro atoms. The quantitative estimate of drug-likeness (QED) is 0.737. The minimum Gasteiger partial charge on any atom is -0.312 e. The summed E-state index contributed by atoms with van der Waals surface area (Å²) in [5.74, 6) is 0.986. The molecule has 1 unspecified atom stereocenters. The molecule has 0 aliphatic heterocycles. The van der Waals surface area contributed by atoms with Gasteiger partial charge >= 0.3 is 0 Å². The summed E-state index contributed by atoms with van der Waals surface area (Å²) >= 11 is 0. The molecule has 1 N–H and O–H groups in total. The van der Waals surface area contributed by atoms with Crippen LogP contribution in [-0.4, -0.2) is 36.4 Å². The molecular formula is C14H19N7. The average molecular weight is 285 g/mol. The molecule has 0 saturated heterocycles. The minimum atomic E-state index is 0.131. The topological polar surface area (TPSA) is 72.9 Å². The zero-order valence-corrected chi connectivity index (χ0v) is 12.3. The van der Waals surface area contributed by atoms with Crippen LogP contribution >= 0.6 is 0 Å². The molecule has 0 amide bonds. The molecule has 1 atom stereocenters. The summed E-state index contributed by atoms with van der Waals surface area (Å²) in [4.78, 5) is 8.57. The summed E-state index contributed by atoms with van der Waals surface area (Å²) in [6.07, 6.45) is 10.7. The van der Waals surface area contributed by atoms with Gasteiger partial charge in [-0.15, -0.1) is 0 Å². The van der Waals surface area contributed by atoms with E-state index in [1.165, 1.54) is 0 Å². The largest absolute Gasteiger partial charge is 0.312 e. The summed E-state index contributed by atoms with van der Waals surface area (Å²) in [5, 5.41) is 12.0. The first kappa shape index (κ1) is 13.7. The van der Waals surface area contributed by atoms with Crippen molar-refractivity contribution in [2.24, 2.45) is 0 Å². The van der Waals surface area contributed by atoms with E-state index in [1.54, 1.807) is 12.5 Å². The fourth-order valence-electron chi connectivity index (χ4n) is 2.52. The number of hydrogen-bond acceptors (Lipinski definition) is 5. The fourth-order valence-corrected chi connectivity index (χ4v) is 2.52. The van der Waals surface area contributed by atoms with Crippen LogP contribution in [0.3, 0.4) is 0 Å². The van der Waals surface area contributed by atoms with Crippen LogP contribution in [0.2, 0.25) is 0 Å². The number of nitrogens with one attached hydrogen (secondary N) is 1. The Morgan fingerprint density at radius 3 is 3.00 bits per heavy atom. The second-order valence-electron chi connectivity index (χ2n) is 4.95. The first-order valence-corrected chi connectivity index (χ1v) is 7.14. The van der Waals surface area contributed by atoms with E-state index >= 15 is 0 Å². The number of aryl methyl sites for hydroxylation is 1. The predicted molar refractivity (Wildman–Crippen MR) is 78.8 cm³/mol. The van der Waals surface area contributed by atoms with E-state index in [9.17, 15) is 0 Å². The molecule has 0 radical (unpaired) electrons. The molecule has 110 valence electrons. The molecule has 7 heteroatoms. The average Bonchev–Trinajstić information content (AvgIpc) is 3.12. The van der Waals surface area contributed by atoms with Gasteiger partial charge in [-0.3, -0.25) is 9.67 Å². The second-order valence-corrected chi connectivity index (χ2v) is 4.95. The van der Waals surface area contributed by atoms with Gasteiger partial charge in [0.1, 0.15) is 12.2 Å². The Hall–Kier alpha value is -2.28. The van der Waals surface area contributed by atoms with Gasteiger partial charge in [-0.1, -0.05) is 6.92 Å². The number of aromatic nitrogens is 6. The lowest BCUT2D eigenvalue weighted by Crippen LogP contribution is -2.21. The van der Waals surface area contributed by atoms with Crippen LogP contribution in [-0.2, 0) is 13.0 Å². The molecular weight excluding hydrogens is 266 g/mol. The van der Waals surface area contributed by atoms with Crippen LogP contribution in [0.1, 0.15) is 30.8 Å². The smallest absolute Gasteiger partial charge is 0.138 e. The minimum absolute atomic E-state index is 0.131. The first-order valence-electron chi connectivity index (χ1n) is 7.14. The molecule has 3 heterocycles. The highest BCUT2D eigenvalue weighted by molar-refractivity contribution is 5.53. The Balaban J connectivity index is 1.90. The highest BCUT2D eigenvalue weighted by Crippen LogP contribution is 2.21. The molecule has 3 aromatic heterocycles. The summed E-state index contributed by atoms with van der Waals surface area (Å²) in [7, 11) is 1.95. The number of likely N-dealkylation sites (N-methyl/N-ethyl adjacent to an activating group) is 1. The van der Waals surface area contributed by atoms with Gasteiger partial charge in [-0.05, 0) is 13.5 Å². The lowest BCUT2D eigenvalue weighted by atomic mass is 10.1. The van der Waals surface area contributed by atoms with Gasteiger partial charge < -0.3 is 5.32 Å². The highest BCUT2D eigenvalue weighted by atomic mass is 15.3. The van der Waals surface area contributed by atoms with Gasteiger partial charge in [0.25, 0.3) is 0 Å². The Morgan fingerprint density at radius 2 is 2.19 bits per heavy atom. The Labute approximate surface area is 123 Å². The van der Waals surface area contributed by atoms with Crippen molar-refractivity contribution < 1.29 is 0 Å². The van der Waals surface area contributed by atoms with E-state index in [0.29, 0.717) is 0 Å². The van der Waals surface area contributed by atoms with Crippen LogP contribution in [0.4, 0.5) is 0 Å². The van der Waals surface area contributed by atoms with E-state index in [1.807, 2.05) is 34.8 Å². The van der Waals surface area contributed by atoms with Crippen LogP contribution in [0.25, 0.3) is 5.52 Å². The summed E-state index contributed by atoms with van der Waals surface area (Å²) in [5.41, 5.74) is 2.13. The van der Waals surface area contributed by atoms with Crippen LogP contribution < -0.4 is 5.32 Å². The Bertz CT molecular complexity index is 715. The van der Waals surface area contributed by atoms with Gasteiger partial charge in [0.15, 0.2) is 0 Å². The van der Waals surface area contributed by atoms with Gasteiger partial charge in [-0.2, -0.15) is 10.2 Å². The fraction of sp³-hybridized carbons (Fsp3) is 0.429. The molecule has 0 fully saturated rings. The third-order valence-corrected chi connectivity index (χ3v) is 3.60. The Kier molecular flexibility index (Phi) is 3.92. The summed E-state index contributed by atoms with van der Waals surface area (Å²) in [6, 6.07) is 0.131. The monoisotopic (exact) mass is 285 g/mol. The third kappa shape index (κ3) is 2.64. The molecule has 0 aliphatic rings. The number of hydrogen-bond donors (Lipinski definition) is 1. The van der Waals surface area contributed by atoms with Crippen molar-refractivity contribution in [1.82, 2.24) is 34.7 Å². The van der Waals surface area contributed by atoms with Gasteiger partial charge in [0, 0.05) is 37.0 Å². The van der Waals surface area contributed by atoms with E-state index < -0.39 is 0 Å². The molecule has 7 nitrogen and oxygen atoms in total. The molecule has 0 bridgehead atoms. The lowest BCUT2D eigenvalue weighted by molar-refractivity contribution is 0.518. The maximum absolute atomic E-state index is 4.38. The molecule has 21 heavy (non-hydrogen) atoms. The summed E-state index contributed by atoms with van der Waals surface area (Å²) < 4.78 is 3.80. The maximum Gasteiger partial charge on any atom is 0.138 e. The van der Waals surface area contributed by atoms with Crippen molar-refractivity contribution in [2.75, 3.05) is 7.05 Å². The van der Waals surface area contributed by atoms with Crippen LogP contribution in [0, 0.1) is 0 Å². The van der Waals surface area contributed by atoms with E-state index in [-0.39, 0.29) is 6.04 Å². The van der Waals surface area contributed by atoms with E-state index in [2.05, 4.69) is 32.4 Å². The van der Waals surface area contributed by atoms with Crippen LogP contribution in [0.5, 0.6) is 0 Å². The molecule has 0 saturated carbocycles. The normalized spacial score (nSPS) is 12.9. The number of fused-ring (bicyclic) bond motifs is 1. The maximum atomic E-state index is 4.38. The van der Waals surface area contributed by atoms with E-state index in [0.717, 1.165) is 36.3 Å². The Morgan fingerprint density at radius 1 is 1.29 bits per heavy atom. The lowest BCUT2D eigenvalue weighted by Gasteiger charge is -2.15. The number of rotatable bonds is 6. The SMILES string of the molecule is CCCn1ncnc1CC(NC)c1cnn2ccncc12. The third-order valence-electron chi connectivity index (χ3n) is 3.60. The zero-order chi connectivity index (χ0) is 14.7. The molecule has 3 aromatic rings. The van der Waals surface area contributed by atoms with Gasteiger partial charge in [-0.25, -0.2) is 9.50 Å². The van der Waals surface area contributed by atoms with Crippen molar-refractivity contribution in [1.29, 1.82) is 0 Å². The van der Waals surface area contributed by atoms with E-state index in [4.69, 9.17) is 0 Å². The predicted octanol–water partition coefficient (Wildman–Crippen LogP) is 1.23. The van der Waals surface area contributed by atoms with Crippen molar-refractivity contribution >= 4 is 5.52 Å². The van der Waals surface area contributed by atoms with Gasteiger partial charge in [0.2, 0.25) is 0 Å². The van der Waals surface area contributed by atoms with Gasteiger partial charge in [0.05, 0.1) is 17.9 Å². The standard InChI is InChI=1S/C14H19N7/c1-3-5-21-14(17-10-19-21)7-12(15-2)11-8-18-20-6-4-16-9-13(11)20/h4,6,8-10,12,15H,3,5,7H2,1-2H3. The molecule has 0 aromatic carbocycles. The van der Waals surface area contributed by atoms with Crippen molar-refractivity contribution in [3.05, 3.63) is 42.5 Å². The van der Waals surface area contributed by atoms with Crippen molar-refractivity contribution in [2.45, 2.75) is 32.4 Å².